The molecule has 1 aromatic heterocycles. The molecule has 2 unspecified atom stereocenters. The molecule has 0 radical (unpaired) electrons. The summed E-state index contributed by atoms with van der Waals surface area (Å²) in [5, 5.41) is 5.73. The zero-order valence-electron chi connectivity index (χ0n) is 75.5. The Morgan fingerprint density at radius 2 is 0.725 bits per heavy atom. The lowest BCUT2D eigenvalue weighted by Gasteiger charge is -2.32. The molecule has 0 bridgehead atoms. The minimum atomic E-state index is -1.89. The van der Waals surface area contributed by atoms with Crippen LogP contribution in [-0.2, 0) is 55.8 Å². The quantitative estimate of drug-likeness (QED) is 0.0896. The van der Waals surface area contributed by atoms with Crippen LogP contribution in [0.2, 0.25) is 12.1 Å². The van der Waals surface area contributed by atoms with Crippen molar-refractivity contribution in [2.24, 2.45) is 0 Å². The molecular formula is C125H105N5Si. The van der Waals surface area contributed by atoms with Crippen molar-refractivity contribution < 1.29 is 0 Å². The van der Waals surface area contributed by atoms with Crippen molar-refractivity contribution in [3.63, 3.8) is 0 Å². The molecule has 0 amide bonds. The SMILES string of the molecule is CC1=C(C=CC(C)N2c3ccccc3CC(c3cccc(-n4c5ccc(C=Cc6ccc7c(c6)C(C)(C)c6cc(N8c9ccccc9CCc9ccccc98)ccc6-7)cc5c5cc(N6c7ccccc7CCc7ccccc76)ccc54)c3)c3ccccc32)c2ccc(C=Cc3ccc4c(c3)-c3cc(N5c6ccccc6CCc6ccccc65)ccc3[Si]43CCCC3)cc2C1(C)C. The van der Waals surface area contributed by atoms with Crippen LogP contribution in [0.5, 0.6) is 0 Å². The molecule has 1 fully saturated rings. The third-order valence-corrected chi connectivity index (χ3v) is 36.8. The molecule has 131 heavy (non-hydrogen) atoms. The molecule has 2 aliphatic carbocycles. The van der Waals surface area contributed by atoms with Crippen LogP contribution in [0.3, 0.4) is 0 Å². The lowest BCUT2D eigenvalue weighted by atomic mass is 9.81. The van der Waals surface area contributed by atoms with Crippen molar-refractivity contribution in [1.29, 1.82) is 0 Å². The van der Waals surface area contributed by atoms with Gasteiger partial charge in [-0.05, 0) is 325 Å². The Morgan fingerprint density at radius 1 is 0.321 bits per heavy atom. The maximum absolute atomic E-state index is 2.63. The third kappa shape index (κ3) is 12.8. The van der Waals surface area contributed by atoms with Gasteiger partial charge in [0.05, 0.1) is 11.0 Å². The van der Waals surface area contributed by atoms with E-state index >= 15 is 0 Å². The molecule has 6 heteroatoms. The fourth-order valence-corrected chi connectivity index (χ4v) is 30.1. The number of fused-ring (bicyclic) bond motifs is 20. The van der Waals surface area contributed by atoms with Gasteiger partial charge in [0.25, 0.3) is 0 Å². The number of nitrogens with zero attached hydrogens (tertiary/aromatic N) is 5. The van der Waals surface area contributed by atoms with Gasteiger partial charge in [0.1, 0.15) is 8.07 Å². The van der Waals surface area contributed by atoms with Gasteiger partial charge in [0, 0.05) is 102 Å². The topological polar surface area (TPSA) is 17.9 Å². The van der Waals surface area contributed by atoms with Gasteiger partial charge in [0.15, 0.2) is 0 Å². The van der Waals surface area contributed by atoms with Crippen LogP contribution in [-0.4, -0.2) is 18.7 Å². The molecule has 1 saturated heterocycles. The smallest absolute Gasteiger partial charge is 0.119 e. The molecule has 1 spiro atoms. The van der Waals surface area contributed by atoms with Crippen molar-refractivity contribution in [1.82, 2.24) is 4.57 Å². The first-order valence-electron chi connectivity index (χ1n) is 47.8. The lowest BCUT2D eigenvalue weighted by molar-refractivity contribution is 0.639. The number of benzene rings is 16. The van der Waals surface area contributed by atoms with Crippen LogP contribution in [0.1, 0.15) is 155 Å². The molecule has 6 aliphatic heterocycles. The number of hydrogen-bond acceptors (Lipinski definition) is 4. The van der Waals surface area contributed by atoms with Gasteiger partial charge >= 0.3 is 0 Å². The second-order valence-electron chi connectivity index (χ2n) is 39.2. The van der Waals surface area contributed by atoms with Crippen LogP contribution in [0.15, 0.2) is 364 Å². The monoisotopic (exact) mass is 1700 g/mol. The Balaban J connectivity index is 0.526. The largest absolute Gasteiger partial charge is 0.334 e. The summed E-state index contributed by atoms with van der Waals surface area (Å²) in [7, 11) is -1.89. The van der Waals surface area contributed by atoms with Gasteiger partial charge in [-0.1, -0.05) is 307 Å². The molecule has 0 saturated carbocycles. The van der Waals surface area contributed by atoms with E-state index in [-0.39, 0.29) is 22.8 Å². The first-order chi connectivity index (χ1) is 64.2. The zero-order chi connectivity index (χ0) is 87.5. The standard InChI is InChI=1S/C125H105N5Si/c1-81(44-62-99-82(2)124(3,4)109-74-85(49-63-100(99)109)48-46-84-52-68-122-107(73-84)108-79-97(61-69-123(108)131(122)70-23-24-71-131)128-114-38-17-9-28-89(114)55-56-90-29-10-18-39-115(90)128)126-118-42-21-13-32-94(118)77-104(103-35-14-22-43-119(103)126)93-33-25-34-95(76-93)130-120-66-51-83(72-105(120)106-78-96(60-67-121(106)130)127-112-36-15-7-26-87(112)53-54-88-27-8-16-37-113(88)127)45-47-86-50-64-101-102-65-59-98(80-111(102)125(5,6)110(101)75-86)129-116-40-19-11-30-91(116)57-58-92-31-12-20-41-117(92)129/h7-22,25-52,59-69,72-76,78-81,104H,23-24,53-58,70-71,77H2,1-6H3. The van der Waals surface area contributed by atoms with Crippen molar-refractivity contribution >= 4 is 133 Å². The summed E-state index contributed by atoms with van der Waals surface area (Å²) in [5.41, 5.74) is 47.7. The first kappa shape index (κ1) is 78.9. The predicted molar refractivity (Wildman–Crippen MR) is 556 cm³/mol. The molecule has 0 N–H and O–H groups in total. The highest BCUT2D eigenvalue weighted by Crippen LogP contribution is 2.56. The summed E-state index contributed by atoms with van der Waals surface area (Å²) in [6.45, 7) is 14.4. The maximum Gasteiger partial charge on any atom is 0.119 e. The fraction of sp³-hybridized carbons (Fsp3) is 0.168. The number of aromatic nitrogens is 1. The number of aryl methyl sites for hydroxylation is 6. The summed E-state index contributed by atoms with van der Waals surface area (Å²) in [6, 6.07) is 136. The summed E-state index contributed by atoms with van der Waals surface area (Å²) in [5.74, 6) is 0.0617. The van der Waals surface area contributed by atoms with E-state index in [0.29, 0.717) is 0 Å². The molecule has 7 heterocycles. The van der Waals surface area contributed by atoms with E-state index in [0.717, 1.165) is 61.9 Å². The Kier molecular flexibility index (Phi) is 18.7. The maximum atomic E-state index is 2.63. The highest BCUT2D eigenvalue weighted by Gasteiger charge is 2.48. The van der Waals surface area contributed by atoms with E-state index in [2.05, 4.69) is 448 Å². The van der Waals surface area contributed by atoms with Gasteiger partial charge in [0.2, 0.25) is 0 Å². The number of allylic oxidation sites excluding steroid dienone is 3. The van der Waals surface area contributed by atoms with Gasteiger partial charge in [-0.3, -0.25) is 0 Å². The van der Waals surface area contributed by atoms with Gasteiger partial charge in [-0.25, -0.2) is 0 Å². The minimum Gasteiger partial charge on any atom is -0.334 e. The third-order valence-electron chi connectivity index (χ3n) is 31.5. The van der Waals surface area contributed by atoms with E-state index in [4.69, 9.17) is 0 Å². The molecule has 8 aliphatic rings. The highest BCUT2D eigenvalue weighted by atomic mass is 28.3. The van der Waals surface area contributed by atoms with Crippen LogP contribution in [0, 0.1) is 0 Å². The number of rotatable bonds is 12. The lowest BCUT2D eigenvalue weighted by Crippen LogP contribution is -2.52. The van der Waals surface area contributed by atoms with Crippen molar-refractivity contribution in [3.8, 4) is 27.9 Å². The molecule has 2 atom stereocenters. The highest BCUT2D eigenvalue weighted by molar-refractivity contribution is 7.06. The normalized spacial score (nSPS) is 16.9. The summed E-state index contributed by atoms with van der Waals surface area (Å²) in [6.07, 6.45) is 23.9. The molecule has 16 aromatic carbocycles. The molecule has 634 valence electrons. The van der Waals surface area contributed by atoms with Crippen LogP contribution < -0.4 is 30.0 Å². The van der Waals surface area contributed by atoms with E-state index < -0.39 is 8.07 Å². The van der Waals surface area contributed by atoms with Gasteiger partial charge in [-0.2, -0.15) is 0 Å². The second kappa shape index (κ2) is 31.0. The molecule has 5 nitrogen and oxygen atoms in total. The summed E-state index contributed by atoms with van der Waals surface area (Å²) in [4.78, 5) is 10.2. The summed E-state index contributed by atoms with van der Waals surface area (Å²) >= 11 is 0. The molecule has 17 aromatic rings. The van der Waals surface area contributed by atoms with Crippen molar-refractivity contribution in [2.75, 3.05) is 19.6 Å². The number of anilines is 11. The van der Waals surface area contributed by atoms with Crippen LogP contribution >= 0.6 is 0 Å². The molecule has 25 rings (SSSR count). The van der Waals surface area contributed by atoms with Crippen molar-refractivity contribution in [3.05, 3.63) is 458 Å². The Labute approximate surface area is 771 Å². The minimum absolute atomic E-state index is 0.0109. The van der Waals surface area contributed by atoms with E-state index in [9.17, 15) is 0 Å². The predicted octanol–water partition coefficient (Wildman–Crippen LogP) is 31.0. The van der Waals surface area contributed by atoms with Crippen LogP contribution in [0.25, 0.3) is 79.6 Å². The van der Waals surface area contributed by atoms with E-state index in [1.807, 2.05) is 0 Å². The molecular weight excluding hydrogens is 1600 g/mol. The Morgan fingerprint density at radius 3 is 1.29 bits per heavy atom. The summed E-state index contributed by atoms with van der Waals surface area (Å²) < 4.78 is 2.54. The second-order valence-corrected chi connectivity index (χ2v) is 43.5. The van der Waals surface area contributed by atoms with Gasteiger partial charge in [-0.15, -0.1) is 0 Å². The number of para-hydroxylation sites is 8. The van der Waals surface area contributed by atoms with Crippen molar-refractivity contribution in [2.45, 2.75) is 134 Å². The average Bonchev–Trinajstić information content (AvgIpc) is 1.59. The Bertz CT molecular complexity index is 7600. The van der Waals surface area contributed by atoms with Crippen LogP contribution in [0.4, 0.5) is 62.6 Å². The number of hydrogen-bond donors (Lipinski definition) is 0. The Hall–Kier alpha value is -14.3. The van der Waals surface area contributed by atoms with E-state index in [1.165, 1.54) is 226 Å². The first-order valence-corrected chi connectivity index (χ1v) is 50.2. The zero-order valence-corrected chi connectivity index (χ0v) is 76.5. The van der Waals surface area contributed by atoms with Gasteiger partial charge < -0.3 is 24.2 Å². The average molecular weight is 1710 g/mol. The van der Waals surface area contributed by atoms with E-state index in [1.54, 1.807) is 10.4 Å². The fourth-order valence-electron chi connectivity index (χ4n) is 24.6.